The molecule has 7 nitrogen and oxygen atoms in total. The van der Waals surface area contributed by atoms with Crippen molar-refractivity contribution in [1.82, 2.24) is 14.8 Å². The first-order chi connectivity index (χ1) is 7.24. The number of nitrogens with zero attached hydrogens (tertiary/aromatic N) is 3. The first-order valence-electron chi connectivity index (χ1n) is 4.66. The minimum absolute atomic E-state index is 0.155. The third-order valence-corrected chi connectivity index (χ3v) is 2.55. The summed E-state index contributed by atoms with van der Waals surface area (Å²) in [4.78, 5) is 14.6. The molecule has 1 aromatic rings. The van der Waals surface area contributed by atoms with Gasteiger partial charge in [-0.15, -0.1) is 0 Å². The van der Waals surface area contributed by atoms with Crippen molar-refractivity contribution in [1.29, 1.82) is 0 Å². The molecule has 0 aliphatic carbocycles. The Morgan fingerprint density at radius 1 is 1.60 bits per heavy atom. The van der Waals surface area contributed by atoms with Gasteiger partial charge in [-0.3, -0.25) is 4.79 Å². The Balaban J connectivity index is 2.07. The normalized spacial score (nSPS) is 33.0. The molecule has 3 atom stereocenters. The van der Waals surface area contributed by atoms with Gasteiger partial charge in [0, 0.05) is 6.42 Å². The zero-order valence-electron chi connectivity index (χ0n) is 7.74. The molecular weight excluding hydrogens is 202 g/mol. The Labute approximate surface area is 84.3 Å². The molecule has 0 radical (unpaired) electrons. The molecule has 1 N–H and O–H groups in total. The Kier molecular flexibility index (Phi) is 1.77. The molecule has 0 unspecified atom stereocenters. The summed E-state index contributed by atoms with van der Waals surface area (Å²) in [7, 11) is 0. The van der Waals surface area contributed by atoms with Crippen LogP contribution in [0, 0.1) is 0 Å². The summed E-state index contributed by atoms with van der Waals surface area (Å²) in [5.74, 6) is 0. The fraction of sp³-hybridized carbons (Fsp3) is 0.625. The zero-order chi connectivity index (χ0) is 10.4. The number of fused-ring (bicyclic) bond motifs is 4. The number of aliphatic hydroxyl groups is 1. The van der Waals surface area contributed by atoms with Crippen LogP contribution in [0.25, 0.3) is 0 Å². The first-order valence-corrected chi connectivity index (χ1v) is 4.66. The van der Waals surface area contributed by atoms with Crippen molar-refractivity contribution < 1.29 is 14.6 Å². The number of hydrogen-bond donors (Lipinski definition) is 1. The standard InChI is InChI=1S/C8H9N3O4/c12-4-1-7-11-8(10-6(13)2-9-11)14-3-5(4)15-7/h2,4-5,7,12H,1,3H2/t4-,5+,7+/m0/s1. The van der Waals surface area contributed by atoms with Crippen LogP contribution >= 0.6 is 0 Å². The SMILES string of the molecule is O=c1cnn2c(n1)OC[C@H]1O[C@@H]2C[C@@H]1O. The fourth-order valence-corrected chi connectivity index (χ4v) is 1.80. The second-order valence-electron chi connectivity index (χ2n) is 3.56. The van der Waals surface area contributed by atoms with Crippen molar-refractivity contribution in [2.75, 3.05) is 6.61 Å². The predicted molar refractivity (Wildman–Crippen MR) is 46.3 cm³/mol. The van der Waals surface area contributed by atoms with Gasteiger partial charge in [0.15, 0.2) is 6.23 Å². The third-order valence-electron chi connectivity index (χ3n) is 2.55. The molecule has 3 rings (SSSR count). The van der Waals surface area contributed by atoms with E-state index in [1.54, 1.807) is 0 Å². The van der Waals surface area contributed by atoms with Gasteiger partial charge in [0.05, 0.1) is 6.10 Å². The molecule has 0 aromatic carbocycles. The second kappa shape index (κ2) is 3.01. The van der Waals surface area contributed by atoms with Gasteiger partial charge in [0.2, 0.25) is 0 Å². The predicted octanol–water partition coefficient (Wildman–Crippen LogP) is -1.32. The number of rotatable bonds is 0. The quantitative estimate of drug-likeness (QED) is 0.572. The van der Waals surface area contributed by atoms with Gasteiger partial charge in [-0.2, -0.15) is 14.8 Å². The van der Waals surface area contributed by atoms with Crippen molar-refractivity contribution in [3.05, 3.63) is 16.6 Å². The summed E-state index contributed by atoms with van der Waals surface area (Å²) < 4.78 is 12.1. The van der Waals surface area contributed by atoms with Crippen molar-refractivity contribution in [3.8, 4) is 6.01 Å². The second-order valence-corrected chi connectivity index (χ2v) is 3.56. The van der Waals surface area contributed by atoms with Crippen LogP contribution in [0.4, 0.5) is 0 Å². The summed E-state index contributed by atoms with van der Waals surface area (Å²) in [5, 5.41) is 13.4. The smallest absolute Gasteiger partial charge is 0.319 e. The maximum absolute atomic E-state index is 11.0. The lowest BCUT2D eigenvalue weighted by atomic mass is 10.2. The maximum atomic E-state index is 11.0. The first kappa shape index (κ1) is 8.81. The molecule has 7 heteroatoms. The highest BCUT2D eigenvalue weighted by Gasteiger charge is 2.39. The van der Waals surface area contributed by atoms with E-state index in [2.05, 4.69) is 10.1 Å². The van der Waals surface area contributed by atoms with E-state index in [1.807, 2.05) is 0 Å². The highest BCUT2D eigenvalue weighted by molar-refractivity contribution is 4.99. The molecule has 0 spiro atoms. The van der Waals surface area contributed by atoms with Crippen molar-refractivity contribution in [2.45, 2.75) is 24.9 Å². The Bertz CT molecular complexity index is 446. The number of aromatic nitrogens is 3. The maximum Gasteiger partial charge on any atom is 0.319 e. The van der Waals surface area contributed by atoms with E-state index in [1.165, 1.54) is 4.68 Å². The lowest BCUT2D eigenvalue weighted by Gasteiger charge is -2.14. The van der Waals surface area contributed by atoms with E-state index in [0.717, 1.165) is 6.20 Å². The molecule has 3 heterocycles. The van der Waals surface area contributed by atoms with Crippen LogP contribution < -0.4 is 10.3 Å². The van der Waals surface area contributed by atoms with Gasteiger partial charge in [-0.1, -0.05) is 0 Å². The molecule has 1 fully saturated rings. The molecular formula is C8H9N3O4. The molecule has 2 aliphatic rings. The molecule has 2 bridgehead atoms. The molecule has 15 heavy (non-hydrogen) atoms. The molecule has 0 saturated carbocycles. The van der Waals surface area contributed by atoms with Gasteiger partial charge in [0.1, 0.15) is 18.9 Å². The van der Waals surface area contributed by atoms with Crippen molar-refractivity contribution in [3.63, 3.8) is 0 Å². The Hall–Kier alpha value is -1.47. The van der Waals surface area contributed by atoms with Gasteiger partial charge in [-0.25, -0.2) is 0 Å². The van der Waals surface area contributed by atoms with Gasteiger partial charge in [0.25, 0.3) is 5.56 Å². The summed E-state index contributed by atoms with van der Waals surface area (Å²) >= 11 is 0. The largest absolute Gasteiger partial charge is 0.461 e. The van der Waals surface area contributed by atoms with Gasteiger partial charge in [-0.05, 0) is 0 Å². The molecule has 1 aromatic heterocycles. The van der Waals surface area contributed by atoms with Crippen LogP contribution in [-0.4, -0.2) is 38.7 Å². The van der Waals surface area contributed by atoms with E-state index >= 15 is 0 Å². The summed E-state index contributed by atoms with van der Waals surface area (Å²) in [6, 6.07) is 0.155. The Morgan fingerprint density at radius 3 is 3.33 bits per heavy atom. The lowest BCUT2D eigenvalue weighted by molar-refractivity contribution is -0.0239. The average Bonchev–Trinajstić information content (AvgIpc) is 2.46. The summed E-state index contributed by atoms with van der Waals surface area (Å²) in [5.41, 5.74) is -0.445. The van der Waals surface area contributed by atoms with Crippen LogP contribution in [0.5, 0.6) is 6.01 Å². The van der Waals surface area contributed by atoms with E-state index < -0.39 is 17.9 Å². The van der Waals surface area contributed by atoms with Crippen LogP contribution in [-0.2, 0) is 4.74 Å². The monoisotopic (exact) mass is 211 g/mol. The third kappa shape index (κ3) is 1.31. The molecule has 1 saturated heterocycles. The van der Waals surface area contributed by atoms with Gasteiger partial charge >= 0.3 is 6.01 Å². The fourth-order valence-electron chi connectivity index (χ4n) is 1.80. The van der Waals surface area contributed by atoms with E-state index in [0.29, 0.717) is 6.42 Å². The molecule has 80 valence electrons. The number of aliphatic hydroxyl groups excluding tert-OH is 1. The lowest BCUT2D eigenvalue weighted by Crippen LogP contribution is -2.29. The Morgan fingerprint density at radius 2 is 2.47 bits per heavy atom. The zero-order valence-corrected chi connectivity index (χ0v) is 7.74. The van der Waals surface area contributed by atoms with E-state index in [-0.39, 0.29) is 18.7 Å². The highest BCUT2D eigenvalue weighted by atomic mass is 16.6. The van der Waals surface area contributed by atoms with Crippen molar-refractivity contribution in [2.24, 2.45) is 0 Å². The van der Waals surface area contributed by atoms with Crippen LogP contribution in [0.2, 0.25) is 0 Å². The number of ether oxygens (including phenoxy) is 2. The number of hydrogen-bond acceptors (Lipinski definition) is 6. The highest BCUT2D eigenvalue weighted by Crippen LogP contribution is 2.32. The minimum atomic E-state index is -0.552. The van der Waals surface area contributed by atoms with Gasteiger partial charge < -0.3 is 14.6 Å². The summed E-state index contributed by atoms with van der Waals surface area (Å²) in [6.45, 7) is 0.190. The molecule has 0 amide bonds. The van der Waals surface area contributed by atoms with E-state index in [9.17, 15) is 9.90 Å². The minimum Gasteiger partial charge on any atom is -0.461 e. The topological polar surface area (TPSA) is 86.5 Å². The van der Waals surface area contributed by atoms with Crippen LogP contribution in [0.15, 0.2) is 11.0 Å². The van der Waals surface area contributed by atoms with E-state index in [4.69, 9.17) is 9.47 Å². The van der Waals surface area contributed by atoms with Crippen LogP contribution in [0.1, 0.15) is 12.6 Å². The summed E-state index contributed by atoms with van der Waals surface area (Å²) in [6.07, 6.45) is 0.230. The van der Waals surface area contributed by atoms with Crippen molar-refractivity contribution >= 4 is 0 Å². The molecule has 2 aliphatic heterocycles. The van der Waals surface area contributed by atoms with Crippen LogP contribution in [0.3, 0.4) is 0 Å². The average molecular weight is 211 g/mol.